The van der Waals surface area contributed by atoms with E-state index in [1.165, 1.54) is 25.3 Å². The van der Waals surface area contributed by atoms with Gasteiger partial charge in [-0.25, -0.2) is 13.1 Å². The van der Waals surface area contributed by atoms with Crippen LogP contribution in [0.5, 0.6) is 5.75 Å². The quantitative estimate of drug-likeness (QED) is 0.656. The Bertz CT molecular complexity index is 614. The third-order valence-corrected chi connectivity index (χ3v) is 4.60. The molecule has 1 amide bonds. The third-order valence-electron chi connectivity index (χ3n) is 3.11. The van der Waals surface area contributed by atoms with Crippen molar-refractivity contribution >= 4 is 15.9 Å². The Kier molecular flexibility index (Phi) is 5.70. The van der Waals surface area contributed by atoms with Gasteiger partial charge in [0.2, 0.25) is 10.0 Å². The van der Waals surface area contributed by atoms with Crippen LogP contribution in [-0.2, 0) is 10.0 Å². The van der Waals surface area contributed by atoms with E-state index in [0.717, 1.165) is 0 Å². The number of ether oxygens (including phenoxy) is 1. The molecule has 1 aromatic rings. The smallest absolute Gasteiger partial charge is 0.252 e. The Morgan fingerprint density at radius 2 is 2.00 bits per heavy atom. The van der Waals surface area contributed by atoms with Crippen molar-refractivity contribution in [1.29, 1.82) is 0 Å². The maximum absolute atomic E-state index is 12.3. The number of primary amides is 1. The molecule has 7 nitrogen and oxygen atoms in total. The number of carbonyl (C=O) groups is 1. The van der Waals surface area contributed by atoms with Gasteiger partial charge in [-0.1, -0.05) is 13.8 Å². The third kappa shape index (κ3) is 4.16. The van der Waals surface area contributed by atoms with Gasteiger partial charge in [-0.05, 0) is 24.1 Å². The van der Waals surface area contributed by atoms with Crippen LogP contribution in [0.25, 0.3) is 0 Å². The minimum absolute atomic E-state index is 0.00854. The molecule has 0 bridgehead atoms. The Labute approximate surface area is 124 Å². The Hall–Kier alpha value is -1.64. The molecule has 1 unspecified atom stereocenters. The summed E-state index contributed by atoms with van der Waals surface area (Å²) in [5, 5.41) is 0. The standard InChI is InChI=1S/C13H21N3O4S/c1-8(2)11(7-14)16-21(18,19)9-4-5-12(20-3)10(6-9)13(15)17/h4-6,8,11,16H,7,14H2,1-3H3,(H2,15,17). The van der Waals surface area contributed by atoms with Gasteiger partial charge in [-0.3, -0.25) is 4.79 Å². The van der Waals surface area contributed by atoms with Gasteiger partial charge in [-0.2, -0.15) is 0 Å². The lowest BCUT2D eigenvalue weighted by Gasteiger charge is -2.20. The first-order chi connectivity index (χ1) is 9.72. The summed E-state index contributed by atoms with van der Waals surface area (Å²) < 4.78 is 32.1. The number of benzene rings is 1. The largest absolute Gasteiger partial charge is 0.496 e. The van der Waals surface area contributed by atoms with Crippen LogP contribution in [0.1, 0.15) is 24.2 Å². The minimum Gasteiger partial charge on any atom is -0.496 e. The predicted octanol–water partition coefficient (Wildman–Crippen LogP) is 0.0557. The van der Waals surface area contributed by atoms with E-state index in [-0.39, 0.29) is 28.7 Å². The van der Waals surface area contributed by atoms with Crippen molar-refractivity contribution in [2.45, 2.75) is 24.8 Å². The monoisotopic (exact) mass is 315 g/mol. The summed E-state index contributed by atoms with van der Waals surface area (Å²) in [5.41, 5.74) is 10.8. The second-order valence-corrected chi connectivity index (χ2v) is 6.65. The van der Waals surface area contributed by atoms with Crippen LogP contribution in [0, 0.1) is 5.92 Å². The summed E-state index contributed by atoms with van der Waals surface area (Å²) in [4.78, 5) is 11.3. The van der Waals surface area contributed by atoms with Gasteiger partial charge >= 0.3 is 0 Å². The topological polar surface area (TPSA) is 125 Å². The number of carbonyl (C=O) groups excluding carboxylic acids is 1. The zero-order valence-corrected chi connectivity index (χ0v) is 13.1. The lowest BCUT2D eigenvalue weighted by atomic mass is 10.1. The number of sulfonamides is 1. The maximum atomic E-state index is 12.3. The lowest BCUT2D eigenvalue weighted by Crippen LogP contribution is -2.43. The average molecular weight is 315 g/mol. The van der Waals surface area contributed by atoms with E-state index < -0.39 is 22.0 Å². The molecular weight excluding hydrogens is 294 g/mol. The molecule has 1 aromatic carbocycles. The van der Waals surface area contributed by atoms with Crippen molar-refractivity contribution in [2.24, 2.45) is 17.4 Å². The van der Waals surface area contributed by atoms with Gasteiger partial charge in [0.05, 0.1) is 17.6 Å². The highest BCUT2D eigenvalue weighted by atomic mass is 32.2. The Morgan fingerprint density at radius 1 is 1.38 bits per heavy atom. The number of rotatable bonds is 7. The van der Waals surface area contributed by atoms with Crippen LogP contribution in [0.3, 0.4) is 0 Å². The molecule has 0 aliphatic carbocycles. The zero-order chi connectivity index (χ0) is 16.2. The summed E-state index contributed by atoms with van der Waals surface area (Å²) in [5.74, 6) is -0.498. The molecular formula is C13H21N3O4S. The predicted molar refractivity (Wildman–Crippen MR) is 79.5 cm³/mol. The van der Waals surface area contributed by atoms with E-state index in [4.69, 9.17) is 16.2 Å². The van der Waals surface area contributed by atoms with Crippen molar-refractivity contribution in [3.05, 3.63) is 23.8 Å². The van der Waals surface area contributed by atoms with Crippen LogP contribution < -0.4 is 20.9 Å². The molecule has 118 valence electrons. The van der Waals surface area contributed by atoms with Crippen molar-refractivity contribution < 1.29 is 17.9 Å². The van der Waals surface area contributed by atoms with Crippen molar-refractivity contribution in [2.75, 3.05) is 13.7 Å². The SMILES string of the molecule is COc1ccc(S(=O)(=O)NC(CN)C(C)C)cc1C(N)=O. The maximum Gasteiger partial charge on any atom is 0.252 e. The van der Waals surface area contributed by atoms with E-state index in [9.17, 15) is 13.2 Å². The lowest BCUT2D eigenvalue weighted by molar-refractivity contribution is 0.0997. The molecule has 1 rings (SSSR count). The first-order valence-corrected chi connectivity index (χ1v) is 7.91. The highest BCUT2D eigenvalue weighted by molar-refractivity contribution is 7.89. The summed E-state index contributed by atoms with van der Waals surface area (Å²) in [6, 6.07) is 3.54. The summed E-state index contributed by atoms with van der Waals surface area (Å²) >= 11 is 0. The Morgan fingerprint density at radius 3 is 2.43 bits per heavy atom. The average Bonchev–Trinajstić information content (AvgIpc) is 2.43. The summed E-state index contributed by atoms with van der Waals surface area (Å²) in [6.07, 6.45) is 0. The fraction of sp³-hybridized carbons (Fsp3) is 0.462. The van der Waals surface area contributed by atoms with Crippen LogP contribution in [-0.4, -0.2) is 34.0 Å². The fourth-order valence-corrected chi connectivity index (χ4v) is 3.19. The van der Waals surface area contributed by atoms with Gasteiger partial charge in [0.15, 0.2) is 0 Å². The van der Waals surface area contributed by atoms with Crippen LogP contribution in [0.4, 0.5) is 0 Å². The van der Waals surface area contributed by atoms with Gasteiger partial charge < -0.3 is 16.2 Å². The molecule has 21 heavy (non-hydrogen) atoms. The van der Waals surface area contributed by atoms with Gasteiger partial charge in [0.1, 0.15) is 5.75 Å². The van der Waals surface area contributed by atoms with E-state index in [1.54, 1.807) is 0 Å². The number of nitrogens with two attached hydrogens (primary N) is 2. The summed E-state index contributed by atoms with van der Waals surface area (Å²) in [6.45, 7) is 3.90. The molecule has 0 radical (unpaired) electrons. The Balaban J connectivity index is 3.20. The van der Waals surface area contributed by atoms with Crippen LogP contribution >= 0.6 is 0 Å². The normalized spacial score (nSPS) is 13.2. The van der Waals surface area contributed by atoms with Crippen molar-refractivity contribution in [3.63, 3.8) is 0 Å². The molecule has 0 aliphatic rings. The van der Waals surface area contributed by atoms with Gasteiger partial charge in [0, 0.05) is 12.6 Å². The van der Waals surface area contributed by atoms with E-state index in [1.807, 2.05) is 13.8 Å². The minimum atomic E-state index is -3.79. The molecule has 8 heteroatoms. The number of amides is 1. The van der Waals surface area contributed by atoms with Crippen LogP contribution in [0.15, 0.2) is 23.1 Å². The number of hydrogen-bond acceptors (Lipinski definition) is 5. The number of nitrogens with one attached hydrogen (secondary N) is 1. The van der Waals surface area contributed by atoms with E-state index >= 15 is 0 Å². The summed E-state index contributed by atoms with van der Waals surface area (Å²) in [7, 11) is -2.42. The highest BCUT2D eigenvalue weighted by Crippen LogP contribution is 2.22. The van der Waals surface area contributed by atoms with E-state index in [2.05, 4.69) is 4.72 Å². The molecule has 0 aliphatic heterocycles. The zero-order valence-electron chi connectivity index (χ0n) is 12.3. The van der Waals surface area contributed by atoms with Gasteiger partial charge in [-0.15, -0.1) is 0 Å². The molecule has 5 N–H and O–H groups in total. The molecule has 1 atom stereocenters. The second kappa shape index (κ2) is 6.88. The molecule has 0 saturated carbocycles. The number of hydrogen-bond donors (Lipinski definition) is 3. The first kappa shape index (κ1) is 17.4. The highest BCUT2D eigenvalue weighted by Gasteiger charge is 2.23. The second-order valence-electron chi connectivity index (χ2n) is 4.93. The molecule has 0 fully saturated rings. The molecule has 0 saturated heterocycles. The first-order valence-electron chi connectivity index (χ1n) is 6.43. The van der Waals surface area contributed by atoms with E-state index in [0.29, 0.717) is 0 Å². The van der Waals surface area contributed by atoms with Crippen molar-refractivity contribution in [1.82, 2.24) is 4.72 Å². The fourth-order valence-electron chi connectivity index (χ4n) is 1.77. The van der Waals surface area contributed by atoms with Crippen molar-refractivity contribution in [3.8, 4) is 5.75 Å². The molecule has 0 aromatic heterocycles. The molecule has 0 spiro atoms. The van der Waals surface area contributed by atoms with Crippen LogP contribution in [0.2, 0.25) is 0 Å². The van der Waals surface area contributed by atoms with Gasteiger partial charge in [0.25, 0.3) is 5.91 Å². The number of methoxy groups -OCH3 is 1. The molecule has 0 heterocycles.